The molecule has 1 aromatic rings. The summed E-state index contributed by atoms with van der Waals surface area (Å²) in [6, 6.07) is 0. The minimum atomic E-state index is -0.909. The molecule has 0 saturated heterocycles. The Morgan fingerprint density at radius 3 is 2.39 bits per heavy atom. The zero-order chi connectivity index (χ0) is 17.6. The lowest BCUT2D eigenvalue weighted by molar-refractivity contribution is -0.129. The van der Waals surface area contributed by atoms with Gasteiger partial charge in [-0.25, -0.2) is 9.59 Å². The number of H-pyrrole nitrogens is 1. The van der Waals surface area contributed by atoms with Crippen LogP contribution in [0.4, 0.5) is 0 Å². The zero-order valence-corrected chi connectivity index (χ0v) is 14.2. The number of nitrogens with one attached hydrogen (secondary N) is 2. The molecular formula is C16H24N2O5. The van der Waals surface area contributed by atoms with Crippen molar-refractivity contribution in [3.63, 3.8) is 0 Å². The first-order valence-corrected chi connectivity index (χ1v) is 7.68. The van der Waals surface area contributed by atoms with E-state index in [1.165, 1.54) is 6.92 Å². The van der Waals surface area contributed by atoms with Crippen LogP contribution in [0.3, 0.4) is 0 Å². The molecule has 0 saturated carbocycles. The van der Waals surface area contributed by atoms with Crippen LogP contribution in [0, 0.1) is 13.8 Å². The molecule has 7 nitrogen and oxygen atoms in total. The maximum Gasteiger partial charge on any atom is 0.355 e. The largest absolute Gasteiger partial charge is 0.461 e. The fourth-order valence-corrected chi connectivity index (χ4v) is 2.13. The SMILES string of the molecule is CCCNC(=O)[C@H](C)OC(=O)c1c(C)[nH]c(C(=O)OCC)c1C. The molecule has 7 heteroatoms. The number of amides is 1. The van der Waals surface area contributed by atoms with Gasteiger partial charge in [0.25, 0.3) is 5.91 Å². The number of hydrogen-bond donors (Lipinski definition) is 2. The van der Waals surface area contributed by atoms with Crippen LogP contribution in [-0.4, -0.2) is 42.1 Å². The first-order chi connectivity index (χ1) is 10.8. The number of aromatic amines is 1. The smallest absolute Gasteiger partial charge is 0.355 e. The summed E-state index contributed by atoms with van der Waals surface area (Å²) in [7, 11) is 0. The number of aryl methyl sites for hydroxylation is 1. The minimum Gasteiger partial charge on any atom is -0.461 e. The Hall–Kier alpha value is -2.31. The van der Waals surface area contributed by atoms with E-state index in [0.717, 1.165) is 6.42 Å². The number of rotatable bonds is 7. The molecule has 1 amide bonds. The van der Waals surface area contributed by atoms with Gasteiger partial charge in [-0.2, -0.15) is 0 Å². The van der Waals surface area contributed by atoms with Gasteiger partial charge in [0.2, 0.25) is 0 Å². The van der Waals surface area contributed by atoms with Gasteiger partial charge in [-0.3, -0.25) is 4.79 Å². The molecule has 23 heavy (non-hydrogen) atoms. The molecule has 0 aliphatic carbocycles. The van der Waals surface area contributed by atoms with E-state index in [-0.39, 0.29) is 23.8 Å². The Balaban J connectivity index is 2.88. The Morgan fingerprint density at radius 1 is 1.17 bits per heavy atom. The normalized spacial score (nSPS) is 11.7. The van der Waals surface area contributed by atoms with Crippen LogP contribution >= 0.6 is 0 Å². The van der Waals surface area contributed by atoms with E-state index in [0.29, 0.717) is 17.8 Å². The van der Waals surface area contributed by atoms with E-state index in [9.17, 15) is 14.4 Å². The van der Waals surface area contributed by atoms with Crippen LogP contribution in [0.5, 0.6) is 0 Å². The third-order valence-corrected chi connectivity index (χ3v) is 3.32. The summed E-state index contributed by atoms with van der Waals surface area (Å²) < 4.78 is 10.1. The van der Waals surface area contributed by atoms with Crippen LogP contribution in [0.2, 0.25) is 0 Å². The van der Waals surface area contributed by atoms with Gasteiger partial charge in [0.15, 0.2) is 6.10 Å². The molecule has 128 valence electrons. The molecule has 1 rings (SSSR count). The average molecular weight is 324 g/mol. The highest BCUT2D eigenvalue weighted by molar-refractivity contribution is 5.99. The fourth-order valence-electron chi connectivity index (χ4n) is 2.13. The monoisotopic (exact) mass is 324 g/mol. The van der Waals surface area contributed by atoms with Crippen molar-refractivity contribution in [2.75, 3.05) is 13.2 Å². The molecule has 1 aromatic heterocycles. The Morgan fingerprint density at radius 2 is 1.83 bits per heavy atom. The molecule has 0 bridgehead atoms. The van der Waals surface area contributed by atoms with Crippen LogP contribution in [0.25, 0.3) is 0 Å². The molecule has 0 aromatic carbocycles. The van der Waals surface area contributed by atoms with Crippen molar-refractivity contribution in [3.05, 3.63) is 22.5 Å². The van der Waals surface area contributed by atoms with E-state index in [1.807, 2.05) is 6.92 Å². The summed E-state index contributed by atoms with van der Waals surface area (Å²) >= 11 is 0. The number of aromatic nitrogens is 1. The lowest BCUT2D eigenvalue weighted by Gasteiger charge is -2.13. The van der Waals surface area contributed by atoms with Crippen molar-refractivity contribution in [1.82, 2.24) is 10.3 Å². The van der Waals surface area contributed by atoms with E-state index in [1.54, 1.807) is 20.8 Å². The highest BCUT2D eigenvalue weighted by Gasteiger charge is 2.26. The summed E-state index contributed by atoms with van der Waals surface area (Å²) in [6.07, 6.45) is -0.112. The minimum absolute atomic E-state index is 0.222. The fraction of sp³-hybridized carbons (Fsp3) is 0.562. The third kappa shape index (κ3) is 4.58. The lowest BCUT2D eigenvalue weighted by atomic mass is 10.1. The van der Waals surface area contributed by atoms with Gasteiger partial charge in [-0.15, -0.1) is 0 Å². The van der Waals surface area contributed by atoms with Crippen LogP contribution in [0.1, 0.15) is 59.3 Å². The van der Waals surface area contributed by atoms with Gasteiger partial charge >= 0.3 is 11.9 Å². The highest BCUT2D eigenvalue weighted by Crippen LogP contribution is 2.20. The van der Waals surface area contributed by atoms with Crippen molar-refractivity contribution in [2.45, 2.75) is 47.1 Å². The molecule has 0 aliphatic heterocycles. The van der Waals surface area contributed by atoms with E-state index >= 15 is 0 Å². The molecule has 1 heterocycles. The molecule has 0 unspecified atom stereocenters. The first-order valence-electron chi connectivity index (χ1n) is 7.68. The molecule has 0 aliphatic rings. The summed E-state index contributed by atoms with van der Waals surface area (Å²) in [6.45, 7) is 9.20. The van der Waals surface area contributed by atoms with Gasteiger partial charge in [-0.05, 0) is 39.7 Å². The third-order valence-electron chi connectivity index (χ3n) is 3.32. The number of carbonyl (C=O) groups is 3. The molecule has 0 spiro atoms. The Bertz CT molecular complexity index is 592. The summed E-state index contributed by atoms with van der Waals surface area (Å²) in [5.74, 6) is -1.52. The second kappa shape index (κ2) is 8.36. The quantitative estimate of drug-likeness (QED) is 0.746. The number of carbonyl (C=O) groups excluding carboxylic acids is 3. The van der Waals surface area contributed by atoms with E-state index in [2.05, 4.69) is 10.3 Å². The molecule has 2 N–H and O–H groups in total. The van der Waals surface area contributed by atoms with Gasteiger partial charge in [0, 0.05) is 12.2 Å². The average Bonchev–Trinajstić information content (AvgIpc) is 2.79. The molecule has 0 radical (unpaired) electrons. The van der Waals surface area contributed by atoms with Crippen molar-refractivity contribution >= 4 is 17.8 Å². The molecule has 1 atom stereocenters. The van der Waals surface area contributed by atoms with Crippen molar-refractivity contribution in [1.29, 1.82) is 0 Å². The predicted molar refractivity (Wildman–Crippen MR) is 84.4 cm³/mol. The number of ether oxygens (including phenoxy) is 2. The second-order valence-corrected chi connectivity index (χ2v) is 5.18. The van der Waals surface area contributed by atoms with Crippen molar-refractivity contribution in [2.24, 2.45) is 0 Å². The van der Waals surface area contributed by atoms with Crippen molar-refractivity contribution in [3.8, 4) is 0 Å². The standard InChI is InChI=1S/C16H24N2O5/c1-6-8-17-14(19)11(5)23-15(20)12-9(3)13(18-10(12)4)16(21)22-7-2/h11,18H,6-8H2,1-5H3,(H,17,19)/t11-/m0/s1. The van der Waals surface area contributed by atoms with Gasteiger partial charge in [0.05, 0.1) is 12.2 Å². The lowest BCUT2D eigenvalue weighted by Crippen LogP contribution is -2.36. The second-order valence-electron chi connectivity index (χ2n) is 5.18. The first kappa shape index (κ1) is 18.7. The Labute approximate surface area is 135 Å². The predicted octanol–water partition coefficient (Wildman–Crippen LogP) is 1.88. The zero-order valence-electron chi connectivity index (χ0n) is 14.2. The van der Waals surface area contributed by atoms with Gasteiger partial charge in [0.1, 0.15) is 5.69 Å². The number of hydrogen-bond acceptors (Lipinski definition) is 5. The number of esters is 2. The van der Waals surface area contributed by atoms with Gasteiger partial charge < -0.3 is 19.8 Å². The summed E-state index contributed by atoms with van der Waals surface area (Å²) in [5, 5.41) is 2.66. The van der Waals surface area contributed by atoms with E-state index < -0.39 is 18.0 Å². The Kier molecular flexibility index (Phi) is 6.81. The maximum atomic E-state index is 12.3. The summed E-state index contributed by atoms with van der Waals surface area (Å²) in [4.78, 5) is 38.7. The van der Waals surface area contributed by atoms with Gasteiger partial charge in [-0.1, -0.05) is 6.92 Å². The maximum absolute atomic E-state index is 12.3. The topological polar surface area (TPSA) is 97.5 Å². The summed E-state index contributed by atoms with van der Waals surface area (Å²) in [5.41, 5.74) is 1.42. The van der Waals surface area contributed by atoms with Crippen LogP contribution in [0.15, 0.2) is 0 Å². The van der Waals surface area contributed by atoms with Crippen LogP contribution in [-0.2, 0) is 14.3 Å². The van der Waals surface area contributed by atoms with E-state index in [4.69, 9.17) is 9.47 Å². The van der Waals surface area contributed by atoms with Crippen molar-refractivity contribution < 1.29 is 23.9 Å². The van der Waals surface area contributed by atoms with Crippen LogP contribution < -0.4 is 5.32 Å². The highest BCUT2D eigenvalue weighted by atomic mass is 16.5. The molecule has 0 fully saturated rings. The molecular weight excluding hydrogens is 300 g/mol.